The fourth-order valence-corrected chi connectivity index (χ4v) is 2.47. The second-order valence-electron chi connectivity index (χ2n) is 4.09. The monoisotopic (exact) mass is 272 g/mol. The number of nitrogens with zero attached hydrogens (tertiary/aromatic N) is 4. The molecule has 3 aromatic rings. The van der Waals surface area contributed by atoms with Crippen molar-refractivity contribution in [3.05, 3.63) is 36.7 Å². The van der Waals surface area contributed by atoms with E-state index in [1.165, 1.54) is 18.1 Å². The van der Waals surface area contributed by atoms with Crippen molar-refractivity contribution in [1.82, 2.24) is 24.9 Å². The van der Waals surface area contributed by atoms with Gasteiger partial charge < -0.3 is 10.7 Å². The molecule has 6 nitrogen and oxygen atoms in total. The fourth-order valence-electron chi connectivity index (χ4n) is 1.65. The van der Waals surface area contributed by atoms with Crippen molar-refractivity contribution in [3.8, 4) is 0 Å². The van der Waals surface area contributed by atoms with E-state index in [9.17, 15) is 0 Å². The normalized spacial score (nSPS) is 12.7. The van der Waals surface area contributed by atoms with Crippen LogP contribution in [0, 0.1) is 0 Å². The molecule has 1 unspecified atom stereocenters. The average Bonchev–Trinajstić information content (AvgIpc) is 2.89. The van der Waals surface area contributed by atoms with Gasteiger partial charge >= 0.3 is 0 Å². The van der Waals surface area contributed by atoms with Gasteiger partial charge in [-0.05, 0) is 19.1 Å². The van der Waals surface area contributed by atoms with Gasteiger partial charge in [0, 0.05) is 17.1 Å². The van der Waals surface area contributed by atoms with Crippen LogP contribution in [0.2, 0.25) is 0 Å². The van der Waals surface area contributed by atoms with Crippen molar-refractivity contribution in [2.24, 2.45) is 5.73 Å². The van der Waals surface area contributed by atoms with Crippen LogP contribution < -0.4 is 5.73 Å². The van der Waals surface area contributed by atoms with Crippen LogP contribution >= 0.6 is 11.8 Å². The van der Waals surface area contributed by atoms with E-state index in [4.69, 9.17) is 5.73 Å². The SMILES string of the molecule is CC(N)c1ccc(Sc2ncnc3nc[nH]c23)cn1. The summed E-state index contributed by atoms with van der Waals surface area (Å²) in [6.07, 6.45) is 4.92. The zero-order chi connectivity index (χ0) is 13.2. The second kappa shape index (κ2) is 4.94. The standard InChI is InChI=1S/C12H12N6S/c1-7(13)9-3-2-8(4-14-9)19-12-10-11(16-5-15-10)17-6-18-12/h2-7H,13H2,1H3,(H,15,16,17,18). The van der Waals surface area contributed by atoms with Crippen LogP contribution in [0.3, 0.4) is 0 Å². The van der Waals surface area contributed by atoms with Gasteiger partial charge in [0.2, 0.25) is 0 Å². The highest BCUT2D eigenvalue weighted by molar-refractivity contribution is 7.99. The molecule has 0 aromatic carbocycles. The van der Waals surface area contributed by atoms with Crippen molar-refractivity contribution in [1.29, 1.82) is 0 Å². The van der Waals surface area contributed by atoms with Gasteiger partial charge in [-0.2, -0.15) is 0 Å². The van der Waals surface area contributed by atoms with E-state index in [0.29, 0.717) is 5.65 Å². The summed E-state index contributed by atoms with van der Waals surface area (Å²) in [5.41, 5.74) is 8.15. The number of imidazole rings is 1. The number of rotatable bonds is 3. The van der Waals surface area contributed by atoms with Crippen molar-refractivity contribution in [2.75, 3.05) is 0 Å². The first-order valence-corrected chi connectivity index (χ1v) is 6.59. The minimum Gasteiger partial charge on any atom is -0.341 e. The van der Waals surface area contributed by atoms with Gasteiger partial charge in [0.25, 0.3) is 0 Å². The van der Waals surface area contributed by atoms with E-state index < -0.39 is 0 Å². The maximum Gasteiger partial charge on any atom is 0.181 e. The fraction of sp³-hybridized carbons (Fsp3) is 0.167. The molecule has 0 aliphatic carbocycles. The molecule has 3 heterocycles. The second-order valence-corrected chi connectivity index (χ2v) is 5.15. The van der Waals surface area contributed by atoms with Gasteiger partial charge in [-0.25, -0.2) is 15.0 Å². The highest BCUT2D eigenvalue weighted by Gasteiger charge is 2.08. The first-order valence-electron chi connectivity index (χ1n) is 5.77. The lowest BCUT2D eigenvalue weighted by molar-refractivity contribution is 0.777. The Morgan fingerprint density at radius 2 is 2.11 bits per heavy atom. The van der Waals surface area contributed by atoms with Crippen molar-refractivity contribution in [2.45, 2.75) is 22.9 Å². The van der Waals surface area contributed by atoms with Gasteiger partial charge in [-0.15, -0.1) is 0 Å². The highest BCUT2D eigenvalue weighted by Crippen LogP contribution is 2.29. The Kier molecular flexibility index (Phi) is 3.14. The lowest BCUT2D eigenvalue weighted by atomic mass is 10.2. The molecule has 96 valence electrons. The molecule has 0 bridgehead atoms. The Hall–Kier alpha value is -1.99. The lowest BCUT2D eigenvalue weighted by Crippen LogP contribution is -2.06. The van der Waals surface area contributed by atoms with E-state index in [2.05, 4.69) is 24.9 Å². The third-order valence-electron chi connectivity index (χ3n) is 2.63. The molecule has 0 amide bonds. The third kappa shape index (κ3) is 2.42. The van der Waals surface area contributed by atoms with Crippen molar-refractivity contribution in [3.63, 3.8) is 0 Å². The molecular formula is C12H12N6S. The van der Waals surface area contributed by atoms with Crippen molar-refractivity contribution < 1.29 is 0 Å². The third-order valence-corrected chi connectivity index (χ3v) is 3.61. The Morgan fingerprint density at radius 1 is 1.21 bits per heavy atom. The van der Waals surface area contributed by atoms with Crippen LogP contribution in [0.5, 0.6) is 0 Å². The maximum atomic E-state index is 5.77. The molecule has 1 atom stereocenters. The summed E-state index contributed by atoms with van der Waals surface area (Å²) in [6, 6.07) is 3.86. The highest BCUT2D eigenvalue weighted by atomic mass is 32.2. The summed E-state index contributed by atoms with van der Waals surface area (Å²) in [5, 5.41) is 0.831. The lowest BCUT2D eigenvalue weighted by Gasteiger charge is -2.05. The van der Waals surface area contributed by atoms with Crippen LogP contribution in [0.15, 0.2) is 40.9 Å². The molecule has 0 saturated heterocycles. The number of nitrogens with two attached hydrogens (primary N) is 1. The molecule has 3 N–H and O–H groups in total. The summed E-state index contributed by atoms with van der Waals surface area (Å²) in [7, 11) is 0. The Bertz CT molecular complexity index is 691. The molecule has 0 aliphatic heterocycles. The van der Waals surface area contributed by atoms with E-state index in [0.717, 1.165) is 21.1 Å². The predicted octanol–water partition coefficient (Wildman–Crippen LogP) is 1.92. The molecule has 7 heteroatoms. The number of hydrogen-bond acceptors (Lipinski definition) is 6. The Balaban J connectivity index is 1.90. The first kappa shape index (κ1) is 12.1. The van der Waals surface area contributed by atoms with E-state index in [1.807, 2.05) is 19.1 Å². The predicted molar refractivity (Wildman–Crippen MR) is 72.6 cm³/mol. The number of aromatic nitrogens is 5. The van der Waals surface area contributed by atoms with Crippen LogP contribution in [0.25, 0.3) is 11.2 Å². The number of pyridine rings is 1. The van der Waals surface area contributed by atoms with E-state index >= 15 is 0 Å². The van der Waals surface area contributed by atoms with Gasteiger partial charge in [0.15, 0.2) is 5.65 Å². The van der Waals surface area contributed by atoms with Crippen LogP contribution in [0.4, 0.5) is 0 Å². The number of H-pyrrole nitrogens is 1. The number of nitrogens with one attached hydrogen (secondary N) is 1. The van der Waals surface area contributed by atoms with Crippen LogP contribution in [0.1, 0.15) is 18.7 Å². The number of aromatic amines is 1. The van der Waals surface area contributed by atoms with Crippen LogP contribution in [-0.2, 0) is 0 Å². The van der Waals surface area contributed by atoms with E-state index in [1.54, 1.807) is 12.5 Å². The molecule has 0 fully saturated rings. The summed E-state index contributed by atoms with van der Waals surface area (Å²) in [5.74, 6) is 0. The topological polar surface area (TPSA) is 93.4 Å². The summed E-state index contributed by atoms with van der Waals surface area (Å²) >= 11 is 1.52. The number of fused-ring (bicyclic) bond motifs is 1. The van der Waals surface area contributed by atoms with Gasteiger partial charge in [-0.3, -0.25) is 4.98 Å². The van der Waals surface area contributed by atoms with Gasteiger partial charge in [0.05, 0.1) is 12.0 Å². The van der Waals surface area contributed by atoms with Crippen LogP contribution in [-0.4, -0.2) is 24.9 Å². The Labute approximate surface area is 113 Å². The summed E-state index contributed by atoms with van der Waals surface area (Å²) in [4.78, 5) is 20.8. The molecule has 0 aliphatic rings. The first-order chi connectivity index (χ1) is 9.24. The zero-order valence-corrected chi connectivity index (χ0v) is 11.1. The summed E-state index contributed by atoms with van der Waals surface area (Å²) < 4.78 is 0. The molecule has 3 rings (SSSR count). The molecule has 19 heavy (non-hydrogen) atoms. The van der Waals surface area contributed by atoms with E-state index in [-0.39, 0.29) is 6.04 Å². The average molecular weight is 272 g/mol. The van der Waals surface area contributed by atoms with Crippen molar-refractivity contribution >= 4 is 22.9 Å². The molecule has 0 radical (unpaired) electrons. The van der Waals surface area contributed by atoms with Gasteiger partial charge in [0.1, 0.15) is 16.9 Å². The number of hydrogen-bond donors (Lipinski definition) is 2. The molecule has 0 saturated carbocycles. The minimum absolute atomic E-state index is 0.0579. The molecule has 0 spiro atoms. The maximum absolute atomic E-state index is 5.77. The molecular weight excluding hydrogens is 260 g/mol. The molecule has 3 aromatic heterocycles. The zero-order valence-electron chi connectivity index (χ0n) is 10.2. The smallest absolute Gasteiger partial charge is 0.181 e. The Morgan fingerprint density at radius 3 is 2.84 bits per heavy atom. The summed E-state index contributed by atoms with van der Waals surface area (Å²) in [6.45, 7) is 1.91. The van der Waals surface area contributed by atoms with Gasteiger partial charge in [-0.1, -0.05) is 11.8 Å². The minimum atomic E-state index is -0.0579. The largest absolute Gasteiger partial charge is 0.341 e. The quantitative estimate of drug-likeness (QED) is 0.707.